The number of anilines is 7. The summed E-state index contributed by atoms with van der Waals surface area (Å²) >= 11 is -2.48. The number of allylic oxidation sites excluding steroid dienone is 19. The molecule has 0 radical (unpaired) electrons. The van der Waals surface area contributed by atoms with Crippen LogP contribution in [0.5, 0.6) is 23.0 Å². The first kappa shape index (κ1) is 107. The predicted octanol–water partition coefficient (Wildman–Crippen LogP) is 27.1. The second-order valence-corrected chi connectivity index (χ2v) is 33.3. The number of H-pyrrole nitrogens is 2. The van der Waals surface area contributed by atoms with Gasteiger partial charge in [-0.25, -0.2) is 4.98 Å². The molecule has 8 aliphatic rings. The molecule has 3 N–H and O–H groups in total. The van der Waals surface area contributed by atoms with Crippen molar-refractivity contribution >= 4 is 78.9 Å². The highest BCUT2D eigenvalue weighted by molar-refractivity contribution is 7.77. The molecule has 1 fully saturated rings. The lowest BCUT2D eigenvalue weighted by atomic mass is 10.0. The SMILES string of the molecule is C=C1C=CC(N2CCOCC2)=CN1c1ccc(OC(F)(F)F)cc1.C=C1C=CC(NS(=O)[O-])=CN1c1ccc(OC(F)(F)F)cc1.C=C1C=CC(c2c(C)noc2C)=CN1c1ccc(OC(F)(F)F)cc1.C=C1C=CC(c2cccnc2)=CN1c1ccc(OC(F)(F)F)cc1.C=C1C=CC(c2cccnc2)=CN1c1ccccc1.C=C1C=CC(c2cn[nH]c2)=CN1c1ccccc1.C=C1C=CC(c2ncc[nH]2)=CN1c1ccccc1. The average Bonchev–Trinajstić information content (AvgIpc) is 1.60. The van der Waals surface area contributed by atoms with Gasteiger partial charge in [0, 0.05) is 230 Å². The average molecular weight is 2070 g/mol. The number of pyridine rings is 2. The van der Waals surface area contributed by atoms with Crippen LogP contribution in [0.15, 0.2) is 492 Å². The van der Waals surface area contributed by atoms with Crippen molar-refractivity contribution in [2.24, 2.45) is 0 Å². The number of aryl methyl sites for hydroxylation is 2. The summed E-state index contributed by atoms with van der Waals surface area (Å²) in [5.41, 5.74) is 22.5. The lowest BCUT2D eigenvalue weighted by molar-refractivity contribution is -0.275. The monoisotopic (exact) mass is 2060 g/mol. The zero-order valence-corrected chi connectivity index (χ0v) is 81.1. The van der Waals surface area contributed by atoms with Gasteiger partial charge in [0.2, 0.25) is 0 Å². The third-order valence-electron chi connectivity index (χ3n) is 22.2. The van der Waals surface area contributed by atoms with Gasteiger partial charge in [0.05, 0.1) is 36.5 Å². The molecule has 13 heterocycles. The van der Waals surface area contributed by atoms with Crippen LogP contribution < -0.4 is 58.0 Å². The van der Waals surface area contributed by atoms with Gasteiger partial charge in [-0.2, -0.15) is 5.10 Å². The van der Waals surface area contributed by atoms with Crippen molar-refractivity contribution in [3.63, 3.8) is 0 Å². The predicted molar refractivity (Wildman–Crippen MR) is 559 cm³/mol. The number of imidazole rings is 1. The second kappa shape index (κ2) is 49.5. The van der Waals surface area contributed by atoms with Gasteiger partial charge < -0.3 is 81.7 Å². The molecule has 1 saturated heterocycles. The molecule has 20 rings (SSSR count). The van der Waals surface area contributed by atoms with Crippen LogP contribution in [0.2, 0.25) is 0 Å². The Bertz CT molecular complexity index is 7130. The van der Waals surface area contributed by atoms with E-state index in [1.54, 1.807) is 64.9 Å². The Morgan fingerprint density at radius 2 is 0.707 bits per heavy atom. The number of aromatic nitrogens is 7. The number of halogens is 12. The topological polar surface area (TPSA) is 233 Å². The van der Waals surface area contributed by atoms with Gasteiger partial charge in [-0.05, 0) is 231 Å². The highest BCUT2D eigenvalue weighted by Crippen LogP contribution is 2.40. The van der Waals surface area contributed by atoms with E-state index in [9.17, 15) is 61.4 Å². The Hall–Kier alpha value is -18.4. The molecule has 150 heavy (non-hydrogen) atoms. The number of benzene rings is 7. The normalized spacial score (nSPS) is 15.5. The summed E-state index contributed by atoms with van der Waals surface area (Å²) in [5.74, 6) is 0.416. The maximum atomic E-state index is 12.3. The molecule has 7 aromatic carbocycles. The second-order valence-electron chi connectivity index (χ2n) is 32.6. The summed E-state index contributed by atoms with van der Waals surface area (Å²) in [6.07, 6.45) is 35.3. The number of ether oxygens (including phenoxy) is 5. The summed E-state index contributed by atoms with van der Waals surface area (Å²) in [6, 6.07) is 60.3. The maximum Gasteiger partial charge on any atom is 0.573 e. The number of aromatic amines is 2. The Kier molecular flexibility index (Phi) is 35.4. The van der Waals surface area contributed by atoms with Gasteiger partial charge in [0.15, 0.2) is 0 Å². The van der Waals surface area contributed by atoms with Crippen molar-refractivity contribution in [3.8, 4) is 23.0 Å². The largest absolute Gasteiger partial charge is 0.755 e. The van der Waals surface area contributed by atoms with Gasteiger partial charge in [-0.1, -0.05) is 142 Å². The third kappa shape index (κ3) is 30.9. The number of hydrogen-bond donors (Lipinski definition) is 3. The molecular formula is C113H95F12N16O8S-. The first-order chi connectivity index (χ1) is 71.9. The maximum absolute atomic E-state index is 12.3. The summed E-state index contributed by atoms with van der Waals surface area (Å²) in [4.78, 5) is 30.9. The molecule has 0 spiro atoms. The zero-order valence-electron chi connectivity index (χ0n) is 80.3. The minimum Gasteiger partial charge on any atom is -0.755 e. The van der Waals surface area contributed by atoms with Gasteiger partial charge in [0.25, 0.3) is 0 Å². The van der Waals surface area contributed by atoms with E-state index in [-0.39, 0.29) is 28.7 Å². The van der Waals surface area contributed by atoms with Crippen LogP contribution in [-0.4, -0.2) is 101 Å². The van der Waals surface area contributed by atoms with Gasteiger partial charge in [-0.3, -0.25) is 19.3 Å². The first-order valence-corrected chi connectivity index (χ1v) is 46.6. The van der Waals surface area contributed by atoms with Crippen molar-refractivity contribution in [2.45, 2.75) is 39.3 Å². The van der Waals surface area contributed by atoms with Gasteiger partial charge >= 0.3 is 25.4 Å². The van der Waals surface area contributed by atoms with Crippen LogP contribution in [0, 0.1) is 13.8 Å². The zero-order chi connectivity index (χ0) is 107. The molecule has 0 bridgehead atoms. The summed E-state index contributed by atoms with van der Waals surface area (Å²) in [5, 5.41) is 10.7. The Labute approximate surface area is 858 Å². The minimum atomic E-state index is -4.76. The molecule has 766 valence electrons. The molecule has 12 aromatic rings. The molecule has 5 aromatic heterocycles. The molecular weight excluding hydrogens is 1970 g/mol. The van der Waals surface area contributed by atoms with Crippen molar-refractivity contribution in [3.05, 3.63) is 527 Å². The molecule has 1 atom stereocenters. The number of nitrogens with zero attached hydrogens (tertiary/aromatic N) is 13. The fraction of sp³-hybridized carbons (Fsp3) is 0.0885. The minimum absolute atomic E-state index is 0.248. The van der Waals surface area contributed by atoms with E-state index < -0.39 is 36.7 Å². The van der Waals surface area contributed by atoms with Crippen LogP contribution >= 0.6 is 0 Å². The van der Waals surface area contributed by atoms with E-state index in [1.807, 2.05) is 208 Å². The molecule has 8 aliphatic heterocycles. The first-order valence-electron chi connectivity index (χ1n) is 45.5. The van der Waals surface area contributed by atoms with E-state index in [4.69, 9.17) is 9.26 Å². The molecule has 0 amide bonds. The Morgan fingerprint density at radius 1 is 0.373 bits per heavy atom. The van der Waals surface area contributed by atoms with E-state index >= 15 is 0 Å². The smallest absolute Gasteiger partial charge is 0.573 e. The number of hydrogen-bond acceptors (Lipinski definition) is 21. The summed E-state index contributed by atoms with van der Waals surface area (Å²) in [6.45, 7) is 34.5. The fourth-order valence-electron chi connectivity index (χ4n) is 15.1. The van der Waals surface area contributed by atoms with Crippen molar-refractivity contribution < 1.29 is 89.7 Å². The number of alkyl halides is 12. The van der Waals surface area contributed by atoms with Crippen LogP contribution in [0.4, 0.5) is 92.5 Å². The highest BCUT2D eigenvalue weighted by atomic mass is 32.2. The number of para-hydroxylation sites is 3. The van der Waals surface area contributed by atoms with E-state index in [2.05, 4.69) is 186 Å². The summed E-state index contributed by atoms with van der Waals surface area (Å²) in [7, 11) is 0. The van der Waals surface area contributed by atoms with Crippen LogP contribution in [0.1, 0.15) is 39.5 Å². The number of rotatable bonds is 19. The van der Waals surface area contributed by atoms with E-state index in [0.29, 0.717) is 58.8 Å². The van der Waals surface area contributed by atoms with E-state index in [1.165, 1.54) is 77.8 Å². The van der Waals surface area contributed by atoms with Crippen molar-refractivity contribution in [1.29, 1.82) is 0 Å². The van der Waals surface area contributed by atoms with Crippen molar-refractivity contribution in [2.75, 3.05) is 60.6 Å². The lowest BCUT2D eigenvalue weighted by Crippen LogP contribution is -2.36. The standard InChI is InChI=1S/C18H15F3N2O2.C18H13F3N2O.C17H17F3N2O2.C17H14N2.2C15H13N3.C13H11F3N2O3S/c1-11-4-5-14(17-12(2)22-25-13(17)3)10-23(11)15-6-8-16(9-7-15)24-18(19,20)21;1-13-4-5-15(14-3-2-10-22-11-14)12-23(13)16-6-8-17(9-7-16)24-18(19,20)21;1-13-2-3-15(21-8-10-23-11-9-21)12-22(13)14-4-6-16(7-5-14)24-17(18,19)20;1-14-9-10-16(15-6-5-11-18-12-15)13-19(14)17-7-3-2-4-8-17;1-12-7-8-13(14-9-16-17-10-14)11-18(12)15-5-3-2-4-6-15;1-12-7-8-13(15-16-9-10-17-15)11-18(12)14-5-3-2-4-6-14;1-9-2-3-10(17-22(19)20)8-18(9)11-4-6-12(7-5-11)21-13(14,15)16/h4-10H,1H2,2-3H3;2-12H,1H2;2-7,12H,1,8-11H2;2-13H,1H2;2*2-11H,1H2,(H,16,17);2-8,17H,1H2,(H,19,20)/p-1. The van der Waals surface area contributed by atoms with E-state index in [0.717, 1.165) is 132 Å². The Balaban J connectivity index is 0.000000138. The summed E-state index contributed by atoms with van der Waals surface area (Å²) < 4.78 is 196. The quantitative estimate of drug-likeness (QED) is 0.0504. The molecule has 24 nitrogen and oxygen atoms in total. The van der Waals surface area contributed by atoms with Crippen molar-refractivity contribution in [1.82, 2.24) is 44.9 Å². The number of morpholine rings is 1. The molecule has 0 saturated carbocycles. The fourth-order valence-corrected chi connectivity index (χ4v) is 15.5. The van der Waals surface area contributed by atoms with Gasteiger partial charge in [0.1, 0.15) is 34.6 Å². The molecule has 37 heteroatoms. The van der Waals surface area contributed by atoms with Crippen LogP contribution in [0.25, 0.3) is 27.9 Å². The van der Waals surface area contributed by atoms with Gasteiger partial charge in [-0.15, -0.1) is 52.7 Å². The Morgan fingerprint density at radius 3 is 1.04 bits per heavy atom. The molecule has 1 unspecified atom stereocenters. The van der Waals surface area contributed by atoms with Crippen LogP contribution in [-0.2, 0) is 16.0 Å². The highest BCUT2D eigenvalue weighted by Gasteiger charge is 2.35. The number of nitrogens with one attached hydrogen (secondary N) is 3. The molecule has 0 aliphatic carbocycles. The van der Waals surface area contributed by atoms with Crippen LogP contribution in [0.3, 0.4) is 0 Å². The third-order valence-corrected chi connectivity index (χ3v) is 22.6. The lowest BCUT2D eigenvalue weighted by Gasteiger charge is -2.34.